The largest absolute Gasteiger partial charge is 0.382 e. The highest BCUT2D eigenvalue weighted by molar-refractivity contribution is 6.01. The highest BCUT2D eigenvalue weighted by Gasteiger charge is 2.24. The minimum Gasteiger partial charge on any atom is -0.382 e. The number of H-pyrrole nitrogens is 2. The average molecular weight is 364 g/mol. The van der Waals surface area contributed by atoms with Gasteiger partial charge in [0.25, 0.3) is 5.91 Å². The molecule has 7 nitrogen and oxygen atoms in total. The first-order chi connectivity index (χ1) is 13.1. The number of aromatic amines is 2. The number of anilines is 1. The molecule has 0 atom stereocenters. The fourth-order valence-electron chi connectivity index (χ4n) is 3.75. The number of nitrogens with zero attached hydrogens (tertiary/aromatic N) is 3. The summed E-state index contributed by atoms with van der Waals surface area (Å²) in [5.74, 6) is 0.176. The summed E-state index contributed by atoms with van der Waals surface area (Å²) in [6.45, 7) is 0.456. The summed E-state index contributed by atoms with van der Waals surface area (Å²) in [7, 11) is 1.78. The molecule has 0 unspecified atom stereocenters. The first-order valence-electron chi connectivity index (χ1n) is 9.35. The summed E-state index contributed by atoms with van der Waals surface area (Å²) in [5, 5.41) is 14.5. The first-order valence-corrected chi connectivity index (χ1v) is 9.35. The molecular formula is C20H24N6O. The van der Waals surface area contributed by atoms with Crippen LogP contribution in [0.5, 0.6) is 0 Å². The molecule has 7 heteroatoms. The Morgan fingerprint density at radius 3 is 2.70 bits per heavy atom. The monoisotopic (exact) mass is 364 g/mol. The number of nitrogens with one attached hydrogen (secondary N) is 2. The lowest BCUT2D eigenvalue weighted by molar-refractivity contribution is 0.0778. The van der Waals surface area contributed by atoms with E-state index in [1.807, 2.05) is 30.3 Å². The van der Waals surface area contributed by atoms with Crippen molar-refractivity contribution in [2.45, 2.75) is 38.6 Å². The molecule has 0 fully saturated rings. The predicted molar refractivity (Wildman–Crippen MR) is 104 cm³/mol. The van der Waals surface area contributed by atoms with E-state index in [0.29, 0.717) is 23.6 Å². The molecule has 0 radical (unpaired) electrons. The van der Waals surface area contributed by atoms with Gasteiger partial charge in [0.2, 0.25) is 0 Å². The quantitative estimate of drug-likeness (QED) is 0.619. The van der Waals surface area contributed by atoms with Gasteiger partial charge in [0.1, 0.15) is 5.69 Å². The Morgan fingerprint density at radius 2 is 1.89 bits per heavy atom. The van der Waals surface area contributed by atoms with Crippen molar-refractivity contribution in [3.63, 3.8) is 0 Å². The lowest BCUT2D eigenvalue weighted by atomic mass is 10.0. The number of nitrogens with two attached hydrogens (primary N) is 1. The maximum atomic E-state index is 13.1. The molecule has 0 saturated carbocycles. The van der Waals surface area contributed by atoms with Gasteiger partial charge >= 0.3 is 0 Å². The van der Waals surface area contributed by atoms with Crippen LogP contribution in [0.1, 0.15) is 46.7 Å². The summed E-state index contributed by atoms with van der Waals surface area (Å²) >= 11 is 0. The van der Waals surface area contributed by atoms with E-state index < -0.39 is 0 Å². The van der Waals surface area contributed by atoms with Crippen molar-refractivity contribution < 1.29 is 4.79 Å². The number of hydrogen-bond acceptors (Lipinski definition) is 4. The molecule has 2 aromatic heterocycles. The minimum atomic E-state index is -0.150. The third-order valence-electron chi connectivity index (χ3n) is 5.20. The van der Waals surface area contributed by atoms with E-state index in [4.69, 9.17) is 5.73 Å². The molecule has 4 rings (SSSR count). The molecule has 1 aromatic carbocycles. The number of nitrogen functional groups attached to an aromatic ring is 1. The van der Waals surface area contributed by atoms with Crippen LogP contribution in [-0.4, -0.2) is 38.2 Å². The van der Waals surface area contributed by atoms with E-state index in [0.717, 1.165) is 24.1 Å². The summed E-state index contributed by atoms with van der Waals surface area (Å²) in [6, 6.07) is 9.60. The lowest BCUT2D eigenvalue weighted by Crippen LogP contribution is -2.27. The number of aryl methyl sites for hydroxylation is 1. The zero-order valence-corrected chi connectivity index (χ0v) is 15.5. The molecule has 0 saturated heterocycles. The van der Waals surface area contributed by atoms with E-state index in [-0.39, 0.29) is 5.91 Å². The van der Waals surface area contributed by atoms with Gasteiger partial charge in [0, 0.05) is 12.7 Å². The van der Waals surface area contributed by atoms with Crippen LogP contribution >= 0.6 is 0 Å². The Kier molecular flexibility index (Phi) is 4.66. The molecule has 140 valence electrons. The molecule has 3 aromatic rings. The summed E-state index contributed by atoms with van der Waals surface area (Å²) in [4.78, 5) is 14.7. The van der Waals surface area contributed by atoms with Crippen LogP contribution in [0.15, 0.2) is 30.3 Å². The molecule has 1 amide bonds. The third-order valence-corrected chi connectivity index (χ3v) is 5.20. The fraction of sp³-hybridized carbons (Fsp3) is 0.350. The molecule has 0 aliphatic heterocycles. The number of carbonyl (C=O) groups is 1. The average Bonchev–Trinajstić information content (AvgIpc) is 3.16. The summed E-state index contributed by atoms with van der Waals surface area (Å²) < 4.78 is 0. The Hall–Kier alpha value is -3.09. The van der Waals surface area contributed by atoms with Gasteiger partial charge in [-0.2, -0.15) is 10.2 Å². The van der Waals surface area contributed by atoms with E-state index in [2.05, 4.69) is 20.4 Å². The highest BCUT2D eigenvalue weighted by Crippen LogP contribution is 2.29. The first kappa shape index (κ1) is 17.3. The summed E-state index contributed by atoms with van der Waals surface area (Å²) in [6.07, 6.45) is 5.67. The zero-order chi connectivity index (χ0) is 18.8. The van der Waals surface area contributed by atoms with Crippen LogP contribution in [0.4, 0.5) is 5.82 Å². The van der Waals surface area contributed by atoms with Gasteiger partial charge < -0.3 is 10.6 Å². The van der Waals surface area contributed by atoms with Crippen molar-refractivity contribution in [3.05, 3.63) is 53.0 Å². The van der Waals surface area contributed by atoms with Crippen molar-refractivity contribution >= 4 is 11.7 Å². The normalized spacial score (nSPS) is 13.8. The molecule has 0 bridgehead atoms. The lowest BCUT2D eigenvalue weighted by Gasteiger charge is -2.17. The van der Waals surface area contributed by atoms with Gasteiger partial charge in [-0.15, -0.1) is 0 Å². The van der Waals surface area contributed by atoms with Gasteiger partial charge in [-0.3, -0.25) is 15.0 Å². The Bertz CT molecular complexity index is 943. The zero-order valence-electron chi connectivity index (χ0n) is 15.5. The number of carbonyl (C=O) groups excluding carboxylic acids is 1. The minimum absolute atomic E-state index is 0.150. The smallest absolute Gasteiger partial charge is 0.272 e. The predicted octanol–water partition coefficient (Wildman–Crippen LogP) is 2.92. The van der Waals surface area contributed by atoms with Gasteiger partial charge in [0.15, 0.2) is 5.82 Å². The van der Waals surface area contributed by atoms with E-state index in [1.54, 1.807) is 11.9 Å². The van der Waals surface area contributed by atoms with E-state index in [9.17, 15) is 4.79 Å². The molecule has 4 N–H and O–H groups in total. The second-order valence-corrected chi connectivity index (χ2v) is 7.07. The fourth-order valence-corrected chi connectivity index (χ4v) is 3.75. The number of hydrogen-bond donors (Lipinski definition) is 3. The van der Waals surface area contributed by atoms with Crippen molar-refractivity contribution in [3.8, 4) is 11.1 Å². The molecule has 1 aliphatic rings. The molecule has 0 spiro atoms. The van der Waals surface area contributed by atoms with Crippen LogP contribution in [0, 0.1) is 0 Å². The second-order valence-electron chi connectivity index (χ2n) is 7.07. The van der Waals surface area contributed by atoms with Crippen molar-refractivity contribution in [2.24, 2.45) is 0 Å². The number of amides is 1. The van der Waals surface area contributed by atoms with Crippen molar-refractivity contribution in [2.75, 3.05) is 12.8 Å². The SMILES string of the molecule is CN(Cc1n[nH]c2c1CCCCC2)C(=O)c1[nH]nc(N)c1-c1ccccc1. The van der Waals surface area contributed by atoms with Crippen molar-refractivity contribution in [1.82, 2.24) is 25.3 Å². The van der Waals surface area contributed by atoms with Crippen LogP contribution in [0.25, 0.3) is 11.1 Å². The number of benzene rings is 1. The number of aromatic nitrogens is 4. The number of rotatable bonds is 4. The maximum absolute atomic E-state index is 13.1. The highest BCUT2D eigenvalue weighted by atomic mass is 16.2. The molecular weight excluding hydrogens is 340 g/mol. The molecule has 1 aliphatic carbocycles. The molecule has 27 heavy (non-hydrogen) atoms. The van der Waals surface area contributed by atoms with Crippen molar-refractivity contribution in [1.29, 1.82) is 0 Å². The number of fused-ring (bicyclic) bond motifs is 1. The van der Waals surface area contributed by atoms with Crippen LogP contribution in [-0.2, 0) is 19.4 Å². The van der Waals surface area contributed by atoms with Gasteiger partial charge in [-0.25, -0.2) is 0 Å². The van der Waals surface area contributed by atoms with E-state index in [1.165, 1.54) is 30.5 Å². The molecule has 2 heterocycles. The van der Waals surface area contributed by atoms with Gasteiger partial charge in [-0.1, -0.05) is 36.8 Å². The standard InChI is InChI=1S/C20H24N6O/c1-26(12-16-14-10-6-3-7-11-15(14)22-23-16)20(27)18-17(19(21)25-24-18)13-8-4-2-5-9-13/h2,4-5,8-9H,3,6-7,10-12H2,1H3,(H,22,23)(H3,21,24,25). The third kappa shape index (κ3) is 3.32. The van der Waals surface area contributed by atoms with Crippen LogP contribution in [0.3, 0.4) is 0 Å². The Morgan fingerprint density at radius 1 is 1.11 bits per heavy atom. The van der Waals surface area contributed by atoms with Crippen LogP contribution < -0.4 is 5.73 Å². The van der Waals surface area contributed by atoms with E-state index >= 15 is 0 Å². The maximum Gasteiger partial charge on any atom is 0.272 e. The summed E-state index contributed by atoms with van der Waals surface area (Å²) in [5.41, 5.74) is 11.4. The Balaban J connectivity index is 1.59. The van der Waals surface area contributed by atoms with Gasteiger partial charge in [-0.05, 0) is 36.8 Å². The van der Waals surface area contributed by atoms with Gasteiger partial charge in [0.05, 0.1) is 17.8 Å². The second kappa shape index (κ2) is 7.26. The topological polar surface area (TPSA) is 104 Å². The van der Waals surface area contributed by atoms with Crippen LogP contribution in [0.2, 0.25) is 0 Å². The Labute approximate surface area is 158 Å².